The third-order valence-corrected chi connectivity index (χ3v) is 8.45. The molecule has 0 fully saturated rings. The molecular weight excluding hydrogens is 476 g/mol. The Kier molecular flexibility index (Phi) is 7.55. The Morgan fingerprint density at radius 1 is 0.658 bits per heavy atom. The first-order valence-electron chi connectivity index (χ1n) is 13.4. The lowest BCUT2D eigenvalue weighted by molar-refractivity contribution is 0.227. The van der Waals surface area contributed by atoms with E-state index in [0.717, 1.165) is 55.4 Å². The molecule has 2 atom stereocenters. The van der Waals surface area contributed by atoms with E-state index < -0.39 is 0 Å². The number of hydrogen-bond donors (Lipinski definition) is 0. The highest BCUT2D eigenvalue weighted by atomic mass is 16.5. The van der Waals surface area contributed by atoms with Gasteiger partial charge in [0.15, 0.2) is 23.0 Å². The van der Waals surface area contributed by atoms with Crippen molar-refractivity contribution in [3.05, 3.63) is 81.4 Å². The molecule has 5 rings (SSSR count). The molecule has 0 saturated heterocycles. The number of aryl methyl sites for hydroxylation is 1. The van der Waals surface area contributed by atoms with Gasteiger partial charge in [-0.05, 0) is 103 Å². The van der Waals surface area contributed by atoms with E-state index in [2.05, 4.69) is 73.3 Å². The van der Waals surface area contributed by atoms with E-state index in [1.807, 2.05) is 0 Å². The minimum absolute atomic E-state index is 0.166. The Balaban J connectivity index is 1.53. The van der Waals surface area contributed by atoms with E-state index in [0.29, 0.717) is 0 Å². The van der Waals surface area contributed by atoms with Gasteiger partial charge in [0.05, 0.1) is 34.5 Å². The summed E-state index contributed by atoms with van der Waals surface area (Å²) < 4.78 is 22.5. The van der Waals surface area contributed by atoms with Crippen molar-refractivity contribution in [3.63, 3.8) is 0 Å². The number of likely N-dealkylation sites (N-methyl/N-ethyl adjacent to an activating group) is 2. The zero-order chi connectivity index (χ0) is 27.0. The van der Waals surface area contributed by atoms with Gasteiger partial charge >= 0.3 is 0 Å². The summed E-state index contributed by atoms with van der Waals surface area (Å²) in [7, 11) is 11.3. The van der Waals surface area contributed by atoms with Crippen molar-refractivity contribution in [3.8, 4) is 23.0 Å². The fourth-order valence-corrected chi connectivity index (χ4v) is 6.23. The first-order valence-corrected chi connectivity index (χ1v) is 13.4. The second-order valence-corrected chi connectivity index (χ2v) is 10.6. The Morgan fingerprint density at radius 3 is 1.79 bits per heavy atom. The molecule has 0 aliphatic carbocycles. The molecule has 0 spiro atoms. The standard InChI is InChI=1S/C32H40N2O4/c1-20-8-9-21(15-27-25-18-30(37-6)28(35-4)16-22(25)10-12-33(27)2)14-24(20)32-26-19-31(38-7)29(36-5)17-23(26)11-13-34(32)3/h8-9,14,16-19,27,32H,10-13,15H2,1-7H3. The monoisotopic (exact) mass is 516 g/mol. The molecule has 2 aliphatic heterocycles. The van der Waals surface area contributed by atoms with Crippen LogP contribution in [0.1, 0.15) is 51.0 Å². The van der Waals surface area contributed by atoms with Crippen LogP contribution in [0.25, 0.3) is 0 Å². The molecule has 6 heteroatoms. The smallest absolute Gasteiger partial charge is 0.161 e. The average Bonchev–Trinajstić information content (AvgIpc) is 2.94. The minimum atomic E-state index is 0.166. The van der Waals surface area contributed by atoms with Crippen LogP contribution >= 0.6 is 0 Å². The molecule has 6 nitrogen and oxygen atoms in total. The minimum Gasteiger partial charge on any atom is -0.493 e. The number of hydrogen-bond acceptors (Lipinski definition) is 6. The summed E-state index contributed by atoms with van der Waals surface area (Å²) in [6.07, 6.45) is 2.94. The van der Waals surface area contributed by atoms with Crippen LogP contribution < -0.4 is 18.9 Å². The molecule has 0 saturated carbocycles. The van der Waals surface area contributed by atoms with Gasteiger partial charge in [0.25, 0.3) is 0 Å². The number of fused-ring (bicyclic) bond motifs is 2. The van der Waals surface area contributed by atoms with Crippen LogP contribution in [0.15, 0.2) is 42.5 Å². The van der Waals surface area contributed by atoms with Gasteiger partial charge < -0.3 is 18.9 Å². The highest BCUT2D eigenvalue weighted by Crippen LogP contribution is 2.43. The van der Waals surface area contributed by atoms with Crippen molar-refractivity contribution in [2.45, 2.75) is 38.3 Å². The number of rotatable bonds is 7. The van der Waals surface area contributed by atoms with E-state index in [9.17, 15) is 0 Å². The third kappa shape index (κ3) is 4.72. The molecule has 38 heavy (non-hydrogen) atoms. The first kappa shape index (κ1) is 26.4. The van der Waals surface area contributed by atoms with E-state index in [1.54, 1.807) is 28.4 Å². The molecule has 0 N–H and O–H groups in total. The van der Waals surface area contributed by atoms with Gasteiger partial charge in [-0.1, -0.05) is 18.2 Å². The first-order chi connectivity index (χ1) is 18.4. The highest BCUT2D eigenvalue weighted by molar-refractivity contribution is 5.53. The zero-order valence-corrected chi connectivity index (χ0v) is 23.8. The fraction of sp³-hybridized carbons (Fsp3) is 0.438. The van der Waals surface area contributed by atoms with Gasteiger partial charge in [0.2, 0.25) is 0 Å². The summed E-state index contributed by atoms with van der Waals surface area (Å²) in [6, 6.07) is 16.1. The van der Waals surface area contributed by atoms with E-state index >= 15 is 0 Å². The van der Waals surface area contributed by atoms with Crippen molar-refractivity contribution >= 4 is 0 Å². The van der Waals surface area contributed by atoms with Gasteiger partial charge in [-0.2, -0.15) is 0 Å². The van der Waals surface area contributed by atoms with Gasteiger partial charge in [-0.3, -0.25) is 9.80 Å². The number of methoxy groups -OCH3 is 4. The molecule has 2 aliphatic rings. The maximum Gasteiger partial charge on any atom is 0.161 e. The molecule has 3 aromatic rings. The highest BCUT2D eigenvalue weighted by Gasteiger charge is 2.31. The number of benzene rings is 3. The molecule has 0 amide bonds. The lowest BCUT2D eigenvalue weighted by Crippen LogP contribution is -2.34. The number of nitrogens with zero attached hydrogens (tertiary/aromatic N) is 2. The Labute approximate surface area is 227 Å². The Morgan fingerprint density at radius 2 is 1.18 bits per heavy atom. The summed E-state index contributed by atoms with van der Waals surface area (Å²) >= 11 is 0. The molecule has 2 unspecified atom stereocenters. The molecule has 0 bridgehead atoms. The zero-order valence-electron chi connectivity index (χ0n) is 23.8. The predicted molar refractivity (Wildman–Crippen MR) is 151 cm³/mol. The van der Waals surface area contributed by atoms with Crippen LogP contribution in [-0.4, -0.2) is 65.4 Å². The van der Waals surface area contributed by atoms with Crippen LogP contribution in [0.2, 0.25) is 0 Å². The van der Waals surface area contributed by atoms with Crippen molar-refractivity contribution < 1.29 is 18.9 Å². The van der Waals surface area contributed by atoms with Crippen LogP contribution in [0.4, 0.5) is 0 Å². The third-order valence-electron chi connectivity index (χ3n) is 8.45. The largest absolute Gasteiger partial charge is 0.493 e. The van der Waals surface area contributed by atoms with Gasteiger partial charge in [0.1, 0.15) is 0 Å². The van der Waals surface area contributed by atoms with Crippen LogP contribution in [0.5, 0.6) is 23.0 Å². The Hall–Kier alpha value is -3.22. The van der Waals surface area contributed by atoms with Gasteiger partial charge in [0, 0.05) is 19.1 Å². The van der Waals surface area contributed by atoms with Crippen molar-refractivity contribution in [2.75, 3.05) is 55.6 Å². The number of ether oxygens (including phenoxy) is 4. The maximum atomic E-state index is 5.69. The lowest BCUT2D eigenvalue weighted by Gasteiger charge is -2.37. The van der Waals surface area contributed by atoms with Crippen LogP contribution in [-0.2, 0) is 19.3 Å². The topological polar surface area (TPSA) is 43.4 Å². The molecule has 2 heterocycles. The molecule has 0 radical (unpaired) electrons. The molecule has 3 aromatic carbocycles. The summed E-state index contributed by atoms with van der Waals surface area (Å²) in [4.78, 5) is 4.92. The van der Waals surface area contributed by atoms with Gasteiger partial charge in [-0.15, -0.1) is 0 Å². The molecular formula is C32H40N2O4. The van der Waals surface area contributed by atoms with Crippen molar-refractivity contribution in [1.82, 2.24) is 9.80 Å². The normalized spacial score (nSPS) is 19.4. The maximum absolute atomic E-state index is 5.69. The van der Waals surface area contributed by atoms with Crippen molar-refractivity contribution in [2.24, 2.45) is 0 Å². The molecule has 202 valence electrons. The quantitative estimate of drug-likeness (QED) is 0.420. The second kappa shape index (κ2) is 10.9. The summed E-state index contributed by atoms with van der Waals surface area (Å²) in [5, 5.41) is 0. The summed E-state index contributed by atoms with van der Waals surface area (Å²) in [5.74, 6) is 3.18. The summed E-state index contributed by atoms with van der Waals surface area (Å²) in [5.41, 5.74) is 9.30. The average molecular weight is 517 g/mol. The van der Waals surface area contributed by atoms with E-state index in [4.69, 9.17) is 18.9 Å². The van der Waals surface area contributed by atoms with E-state index in [1.165, 1.54) is 38.9 Å². The fourth-order valence-electron chi connectivity index (χ4n) is 6.23. The lowest BCUT2D eigenvalue weighted by atomic mass is 9.84. The van der Waals surface area contributed by atoms with Crippen LogP contribution in [0.3, 0.4) is 0 Å². The van der Waals surface area contributed by atoms with Crippen molar-refractivity contribution in [1.29, 1.82) is 0 Å². The predicted octanol–water partition coefficient (Wildman–Crippen LogP) is 5.38. The summed E-state index contributed by atoms with van der Waals surface area (Å²) in [6.45, 7) is 4.24. The van der Waals surface area contributed by atoms with E-state index in [-0.39, 0.29) is 12.1 Å². The Bertz CT molecular complexity index is 1320. The van der Waals surface area contributed by atoms with Gasteiger partial charge in [-0.25, -0.2) is 0 Å². The molecule has 0 aromatic heterocycles. The second-order valence-electron chi connectivity index (χ2n) is 10.6. The van der Waals surface area contributed by atoms with Crippen LogP contribution in [0, 0.1) is 6.92 Å². The SMILES string of the molecule is COc1cc2c(cc1OC)C(Cc1ccc(C)c(C3c4cc(OC)c(OC)cc4CCN3C)c1)N(C)CC2.